The van der Waals surface area contributed by atoms with Crippen LogP contribution >= 0.6 is 27.3 Å². The Labute approximate surface area is 111 Å². The Kier molecular flexibility index (Phi) is 4.09. The van der Waals surface area contributed by atoms with E-state index in [-0.39, 0.29) is 0 Å². The minimum atomic E-state index is 0.606. The fourth-order valence-corrected chi connectivity index (χ4v) is 4.17. The van der Waals surface area contributed by atoms with E-state index in [9.17, 15) is 0 Å². The Balaban J connectivity index is 1.94. The zero-order valence-corrected chi connectivity index (χ0v) is 12.5. The van der Waals surface area contributed by atoms with Gasteiger partial charge in [-0.05, 0) is 59.3 Å². The Morgan fingerprint density at radius 3 is 2.62 bits per heavy atom. The van der Waals surface area contributed by atoms with Crippen LogP contribution in [0.25, 0.3) is 0 Å². The van der Waals surface area contributed by atoms with Gasteiger partial charge >= 0.3 is 0 Å². The summed E-state index contributed by atoms with van der Waals surface area (Å²) in [5.74, 6) is 0. The van der Waals surface area contributed by atoms with E-state index in [1.54, 1.807) is 0 Å². The summed E-state index contributed by atoms with van der Waals surface area (Å²) in [6.07, 6.45) is 4.04. The van der Waals surface area contributed by atoms with E-state index in [4.69, 9.17) is 0 Å². The molecule has 3 heteroatoms. The van der Waals surface area contributed by atoms with Gasteiger partial charge in [0.25, 0.3) is 0 Å². The van der Waals surface area contributed by atoms with Gasteiger partial charge in [-0.3, -0.25) is 4.90 Å². The van der Waals surface area contributed by atoms with Crippen molar-refractivity contribution in [2.45, 2.75) is 39.7 Å². The fourth-order valence-electron chi connectivity index (χ4n) is 2.65. The second kappa shape index (κ2) is 5.19. The number of thiophene rings is 1. The van der Waals surface area contributed by atoms with Crippen molar-refractivity contribution in [3.63, 3.8) is 0 Å². The molecule has 1 nitrogen and oxygen atoms in total. The van der Waals surface area contributed by atoms with Crippen LogP contribution < -0.4 is 0 Å². The third-order valence-electron chi connectivity index (χ3n) is 4.03. The first-order chi connectivity index (χ1) is 7.67. The van der Waals surface area contributed by atoms with Crippen LogP contribution in [-0.4, -0.2) is 18.0 Å². The number of nitrogens with zero attached hydrogens (tertiary/aromatic N) is 1. The third kappa shape index (κ3) is 2.69. The van der Waals surface area contributed by atoms with Gasteiger partial charge in [0.2, 0.25) is 0 Å². The molecule has 0 bridgehead atoms. The van der Waals surface area contributed by atoms with E-state index in [0.29, 0.717) is 5.41 Å². The maximum atomic E-state index is 3.53. The van der Waals surface area contributed by atoms with Crippen LogP contribution in [0.3, 0.4) is 0 Å². The molecule has 0 unspecified atom stereocenters. The van der Waals surface area contributed by atoms with E-state index >= 15 is 0 Å². The lowest BCUT2D eigenvalue weighted by molar-refractivity contribution is 0.237. The number of rotatable bonds is 4. The van der Waals surface area contributed by atoms with Gasteiger partial charge in [0.05, 0.1) is 3.79 Å². The topological polar surface area (TPSA) is 3.24 Å². The molecular weight excluding hydrogens is 282 g/mol. The van der Waals surface area contributed by atoms with Gasteiger partial charge in [0.15, 0.2) is 0 Å². The van der Waals surface area contributed by atoms with Crippen LogP contribution in [0.1, 0.15) is 38.0 Å². The molecule has 2 rings (SSSR count). The van der Waals surface area contributed by atoms with E-state index in [1.165, 1.54) is 41.0 Å². The predicted octanol–water partition coefficient (Wildman–Crippen LogP) is 4.52. The average molecular weight is 302 g/mol. The summed E-state index contributed by atoms with van der Waals surface area (Å²) in [5, 5.41) is 0. The predicted molar refractivity (Wildman–Crippen MR) is 74.9 cm³/mol. The second-order valence-corrected chi connectivity index (χ2v) is 7.42. The lowest BCUT2D eigenvalue weighted by Gasteiger charge is -2.26. The van der Waals surface area contributed by atoms with Crippen molar-refractivity contribution in [3.8, 4) is 0 Å². The van der Waals surface area contributed by atoms with Crippen molar-refractivity contribution in [1.29, 1.82) is 0 Å². The highest BCUT2D eigenvalue weighted by atomic mass is 79.9. The van der Waals surface area contributed by atoms with Gasteiger partial charge in [-0.25, -0.2) is 0 Å². The molecule has 1 fully saturated rings. The van der Waals surface area contributed by atoms with Crippen molar-refractivity contribution >= 4 is 27.3 Å². The molecule has 1 aliphatic heterocycles. The molecule has 0 N–H and O–H groups in total. The maximum absolute atomic E-state index is 3.53. The monoisotopic (exact) mass is 301 g/mol. The van der Waals surface area contributed by atoms with Crippen molar-refractivity contribution in [2.24, 2.45) is 5.41 Å². The summed E-state index contributed by atoms with van der Waals surface area (Å²) in [7, 11) is 0. The smallest absolute Gasteiger partial charge is 0.0701 e. The van der Waals surface area contributed by atoms with Crippen molar-refractivity contribution in [2.75, 3.05) is 13.1 Å². The van der Waals surface area contributed by atoms with E-state index < -0.39 is 0 Å². The standard InChI is InChI=1S/C13H20BrNS/c1-3-13(4-2)7-8-15(10-13)9-11-5-6-12(14)16-11/h5-6H,3-4,7-10H2,1-2H3. The first-order valence-electron chi connectivity index (χ1n) is 6.14. The summed E-state index contributed by atoms with van der Waals surface area (Å²) in [6.45, 7) is 8.38. The number of likely N-dealkylation sites (tertiary alicyclic amines) is 1. The largest absolute Gasteiger partial charge is 0.298 e. The third-order valence-corrected chi connectivity index (χ3v) is 5.63. The van der Waals surface area contributed by atoms with E-state index in [1.807, 2.05) is 11.3 Å². The molecule has 0 aromatic carbocycles. The molecule has 0 atom stereocenters. The fraction of sp³-hybridized carbons (Fsp3) is 0.692. The Bertz CT molecular complexity index is 343. The molecule has 16 heavy (non-hydrogen) atoms. The molecule has 0 saturated carbocycles. The molecule has 0 spiro atoms. The Hall–Kier alpha value is 0.140. The molecule has 90 valence electrons. The summed E-state index contributed by atoms with van der Waals surface area (Å²) >= 11 is 5.40. The molecular formula is C13H20BrNS. The van der Waals surface area contributed by atoms with Crippen LogP contribution in [-0.2, 0) is 6.54 Å². The molecule has 1 aromatic rings. The highest BCUT2D eigenvalue weighted by molar-refractivity contribution is 9.11. The normalized spacial score (nSPS) is 20.4. The minimum Gasteiger partial charge on any atom is -0.298 e. The van der Waals surface area contributed by atoms with Crippen LogP contribution in [0.15, 0.2) is 15.9 Å². The number of halogens is 1. The van der Waals surface area contributed by atoms with Gasteiger partial charge in [-0.1, -0.05) is 13.8 Å². The molecule has 1 aromatic heterocycles. The zero-order valence-electron chi connectivity index (χ0n) is 10.1. The quantitative estimate of drug-likeness (QED) is 0.790. The second-order valence-electron chi connectivity index (χ2n) is 4.87. The van der Waals surface area contributed by atoms with Gasteiger partial charge in [-0.2, -0.15) is 0 Å². The highest BCUT2D eigenvalue weighted by Gasteiger charge is 2.34. The van der Waals surface area contributed by atoms with Crippen LogP contribution in [0.2, 0.25) is 0 Å². The molecule has 0 radical (unpaired) electrons. The van der Waals surface area contributed by atoms with Crippen molar-refractivity contribution < 1.29 is 0 Å². The van der Waals surface area contributed by atoms with Crippen molar-refractivity contribution in [1.82, 2.24) is 4.90 Å². The number of hydrogen-bond donors (Lipinski definition) is 0. The van der Waals surface area contributed by atoms with Gasteiger partial charge in [0.1, 0.15) is 0 Å². The molecule has 0 aliphatic carbocycles. The molecule has 0 amide bonds. The lowest BCUT2D eigenvalue weighted by Crippen LogP contribution is -2.25. The Morgan fingerprint density at radius 1 is 1.38 bits per heavy atom. The first kappa shape index (κ1) is 12.6. The number of hydrogen-bond acceptors (Lipinski definition) is 2. The zero-order chi connectivity index (χ0) is 11.6. The summed E-state index contributed by atoms with van der Waals surface area (Å²) < 4.78 is 1.25. The Morgan fingerprint density at radius 2 is 2.12 bits per heavy atom. The summed E-state index contributed by atoms with van der Waals surface area (Å²) in [4.78, 5) is 4.10. The molecule has 1 saturated heterocycles. The average Bonchev–Trinajstić information content (AvgIpc) is 2.87. The maximum Gasteiger partial charge on any atom is 0.0701 e. The summed E-state index contributed by atoms with van der Waals surface area (Å²) in [5.41, 5.74) is 0.606. The lowest BCUT2D eigenvalue weighted by atomic mass is 9.82. The van der Waals surface area contributed by atoms with Crippen LogP contribution in [0.5, 0.6) is 0 Å². The first-order valence-corrected chi connectivity index (χ1v) is 7.75. The highest BCUT2D eigenvalue weighted by Crippen LogP contribution is 2.38. The minimum absolute atomic E-state index is 0.606. The summed E-state index contributed by atoms with van der Waals surface area (Å²) in [6, 6.07) is 4.40. The van der Waals surface area contributed by atoms with Gasteiger partial charge in [0, 0.05) is 18.0 Å². The van der Waals surface area contributed by atoms with E-state index in [2.05, 4.69) is 46.8 Å². The van der Waals surface area contributed by atoms with Gasteiger partial charge < -0.3 is 0 Å². The SMILES string of the molecule is CCC1(CC)CCN(Cc2ccc(Br)s2)C1. The van der Waals surface area contributed by atoms with Gasteiger partial charge in [-0.15, -0.1) is 11.3 Å². The van der Waals surface area contributed by atoms with Crippen LogP contribution in [0, 0.1) is 5.41 Å². The van der Waals surface area contributed by atoms with E-state index in [0.717, 1.165) is 6.54 Å². The van der Waals surface area contributed by atoms with Crippen LogP contribution in [0.4, 0.5) is 0 Å². The molecule has 1 aliphatic rings. The molecule has 2 heterocycles. The van der Waals surface area contributed by atoms with Crippen molar-refractivity contribution in [3.05, 3.63) is 20.8 Å².